The summed E-state index contributed by atoms with van der Waals surface area (Å²) in [6.45, 7) is 3.04. The van der Waals surface area contributed by atoms with Crippen LogP contribution in [0.1, 0.15) is 71.1 Å². The molecule has 0 radical (unpaired) electrons. The minimum atomic E-state index is 0.266. The summed E-state index contributed by atoms with van der Waals surface area (Å²) in [5, 5.41) is 0. The van der Waals surface area contributed by atoms with Gasteiger partial charge in [-0.15, -0.1) is 0 Å². The van der Waals surface area contributed by atoms with Crippen molar-refractivity contribution in [3.63, 3.8) is 0 Å². The van der Waals surface area contributed by atoms with Crippen LogP contribution < -0.4 is 5.73 Å². The lowest BCUT2D eigenvalue weighted by Gasteiger charge is -2.45. The molecule has 120 valence electrons. The van der Waals surface area contributed by atoms with Gasteiger partial charge >= 0.3 is 0 Å². The molecule has 3 fully saturated rings. The Hall–Kier alpha value is -0.570. The monoisotopic (exact) mass is 292 g/mol. The molecule has 2 N–H and O–H groups in total. The van der Waals surface area contributed by atoms with Gasteiger partial charge in [0.1, 0.15) is 0 Å². The molecule has 0 aliphatic heterocycles. The number of nitrogens with two attached hydrogens (primary N) is 1. The van der Waals surface area contributed by atoms with Crippen molar-refractivity contribution in [1.82, 2.24) is 4.90 Å². The van der Waals surface area contributed by atoms with Gasteiger partial charge in [0.05, 0.1) is 0 Å². The fourth-order valence-electron chi connectivity index (χ4n) is 5.21. The summed E-state index contributed by atoms with van der Waals surface area (Å²) in [7, 11) is 0. The SMILES string of the molecule is CCN(C(=O)C1CC2CCCC(C1)C2N)C1CCCCC1. The van der Waals surface area contributed by atoms with E-state index in [1.807, 2.05) is 0 Å². The van der Waals surface area contributed by atoms with Crippen LogP contribution in [-0.2, 0) is 4.79 Å². The number of rotatable bonds is 3. The van der Waals surface area contributed by atoms with Crippen LogP contribution in [0.3, 0.4) is 0 Å². The van der Waals surface area contributed by atoms with E-state index in [-0.39, 0.29) is 5.92 Å². The van der Waals surface area contributed by atoms with E-state index in [9.17, 15) is 4.79 Å². The van der Waals surface area contributed by atoms with Gasteiger partial charge < -0.3 is 10.6 Å². The van der Waals surface area contributed by atoms with Gasteiger partial charge in [-0.3, -0.25) is 4.79 Å². The molecule has 0 aromatic rings. The van der Waals surface area contributed by atoms with Gasteiger partial charge in [0, 0.05) is 24.5 Å². The second-order valence-electron chi connectivity index (χ2n) is 7.61. The van der Waals surface area contributed by atoms with Crippen molar-refractivity contribution in [2.75, 3.05) is 6.54 Å². The average molecular weight is 292 g/mol. The molecule has 21 heavy (non-hydrogen) atoms. The molecule has 0 aromatic heterocycles. The summed E-state index contributed by atoms with van der Waals surface area (Å²) >= 11 is 0. The number of fused-ring (bicyclic) bond motifs is 2. The summed E-state index contributed by atoms with van der Waals surface area (Å²) in [5.74, 6) is 1.93. The molecule has 0 heterocycles. The van der Waals surface area contributed by atoms with Crippen molar-refractivity contribution in [3.05, 3.63) is 0 Å². The van der Waals surface area contributed by atoms with Crippen molar-refractivity contribution in [3.8, 4) is 0 Å². The third kappa shape index (κ3) is 3.13. The molecule has 3 heteroatoms. The van der Waals surface area contributed by atoms with E-state index in [1.54, 1.807) is 0 Å². The van der Waals surface area contributed by atoms with Gasteiger partial charge in [-0.1, -0.05) is 25.7 Å². The fraction of sp³-hybridized carbons (Fsp3) is 0.944. The lowest BCUT2D eigenvalue weighted by molar-refractivity contribution is -0.141. The summed E-state index contributed by atoms with van der Waals surface area (Å²) < 4.78 is 0. The summed E-state index contributed by atoms with van der Waals surface area (Å²) in [5.41, 5.74) is 6.37. The molecule has 0 aromatic carbocycles. The van der Waals surface area contributed by atoms with E-state index in [0.29, 0.717) is 29.8 Å². The first-order valence-electron chi connectivity index (χ1n) is 9.26. The standard InChI is InChI=1S/C18H32N2O/c1-2-20(16-9-4-3-5-10-16)18(21)15-11-13-7-6-8-14(12-15)17(13)19/h13-17H,2-12,19H2,1H3. The van der Waals surface area contributed by atoms with Crippen molar-refractivity contribution >= 4 is 5.91 Å². The van der Waals surface area contributed by atoms with Crippen LogP contribution >= 0.6 is 0 Å². The van der Waals surface area contributed by atoms with Crippen LogP contribution in [0.15, 0.2) is 0 Å². The van der Waals surface area contributed by atoms with E-state index in [4.69, 9.17) is 5.73 Å². The Labute approximate surface area is 129 Å². The van der Waals surface area contributed by atoms with Gasteiger partial charge in [-0.25, -0.2) is 0 Å². The third-order valence-electron chi connectivity index (χ3n) is 6.40. The maximum atomic E-state index is 13.1. The molecule has 3 saturated carbocycles. The summed E-state index contributed by atoms with van der Waals surface area (Å²) in [4.78, 5) is 15.3. The van der Waals surface area contributed by atoms with E-state index in [1.165, 1.54) is 51.4 Å². The first-order chi connectivity index (χ1) is 10.2. The van der Waals surface area contributed by atoms with E-state index < -0.39 is 0 Å². The maximum absolute atomic E-state index is 13.1. The Morgan fingerprint density at radius 3 is 2.19 bits per heavy atom. The number of carbonyl (C=O) groups excluding carboxylic acids is 1. The Balaban J connectivity index is 1.66. The van der Waals surface area contributed by atoms with E-state index in [0.717, 1.165) is 19.4 Å². The predicted octanol–water partition coefficient (Wildman–Crippen LogP) is 3.32. The number of carbonyl (C=O) groups is 1. The fourth-order valence-corrected chi connectivity index (χ4v) is 5.21. The van der Waals surface area contributed by atoms with Crippen molar-refractivity contribution in [2.45, 2.75) is 83.2 Å². The zero-order valence-corrected chi connectivity index (χ0v) is 13.6. The predicted molar refractivity (Wildman–Crippen MR) is 85.8 cm³/mol. The van der Waals surface area contributed by atoms with Crippen molar-refractivity contribution in [2.24, 2.45) is 23.5 Å². The maximum Gasteiger partial charge on any atom is 0.225 e. The van der Waals surface area contributed by atoms with Gasteiger partial charge in [-0.05, 0) is 57.3 Å². The normalized spacial score (nSPS) is 37.2. The lowest BCUT2D eigenvalue weighted by Crippen LogP contribution is -2.51. The molecule has 1 amide bonds. The Morgan fingerprint density at radius 2 is 1.62 bits per heavy atom. The third-order valence-corrected chi connectivity index (χ3v) is 6.40. The molecular formula is C18H32N2O. The molecule has 0 spiro atoms. The Kier molecular flexibility index (Phi) is 4.88. The topological polar surface area (TPSA) is 46.3 Å². The second kappa shape index (κ2) is 6.68. The highest BCUT2D eigenvalue weighted by Gasteiger charge is 2.42. The molecule has 3 rings (SSSR count). The second-order valence-corrected chi connectivity index (χ2v) is 7.61. The first-order valence-corrected chi connectivity index (χ1v) is 9.26. The molecule has 2 bridgehead atoms. The number of nitrogens with zero attached hydrogens (tertiary/aromatic N) is 1. The van der Waals surface area contributed by atoms with Gasteiger partial charge in [-0.2, -0.15) is 0 Å². The highest BCUT2D eigenvalue weighted by atomic mass is 16.2. The smallest absolute Gasteiger partial charge is 0.225 e. The van der Waals surface area contributed by atoms with Crippen LogP contribution in [-0.4, -0.2) is 29.4 Å². The molecular weight excluding hydrogens is 260 g/mol. The summed E-state index contributed by atoms with van der Waals surface area (Å²) in [6.07, 6.45) is 12.3. The van der Waals surface area contributed by atoms with Crippen LogP contribution in [0.25, 0.3) is 0 Å². The Morgan fingerprint density at radius 1 is 1.00 bits per heavy atom. The minimum absolute atomic E-state index is 0.266. The zero-order valence-electron chi connectivity index (χ0n) is 13.6. The molecule has 3 nitrogen and oxygen atoms in total. The van der Waals surface area contributed by atoms with Crippen molar-refractivity contribution < 1.29 is 4.79 Å². The highest BCUT2D eigenvalue weighted by Crippen LogP contribution is 2.42. The van der Waals surface area contributed by atoms with E-state index >= 15 is 0 Å². The minimum Gasteiger partial charge on any atom is -0.340 e. The van der Waals surface area contributed by atoms with Crippen LogP contribution in [0.5, 0.6) is 0 Å². The molecule has 0 saturated heterocycles. The first kappa shape index (κ1) is 15.3. The molecule has 3 aliphatic carbocycles. The molecule has 2 atom stereocenters. The molecule has 3 aliphatic rings. The van der Waals surface area contributed by atoms with Crippen LogP contribution in [0.4, 0.5) is 0 Å². The number of hydrogen-bond acceptors (Lipinski definition) is 2. The van der Waals surface area contributed by atoms with Gasteiger partial charge in [0.15, 0.2) is 0 Å². The van der Waals surface area contributed by atoms with Gasteiger partial charge in [0.2, 0.25) is 5.91 Å². The van der Waals surface area contributed by atoms with Gasteiger partial charge in [0.25, 0.3) is 0 Å². The Bertz CT molecular complexity index is 350. The lowest BCUT2D eigenvalue weighted by atomic mass is 9.65. The van der Waals surface area contributed by atoms with Crippen molar-refractivity contribution in [1.29, 1.82) is 0 Å². The summed E-state index contributed by atoms with van der Waals surface area (Å²) in [6, 6.07) is 0.888. The average Bonchev–Trinajstić information content (AvgIpc) is 2.48. The van der Waals surface area contributed by atoms with Crippen LogP contribution in [0.2, 0.25) is 0 Å². The highest BCUT2D eigenvalue weighted by molar-refractivity contribution is 5.79. The van der Waals surface area contributed by atoms with E-state index in [2.05, 4.69) is 11.8 Å². The number of amides is 1. The number of hydrogen-bond donors (Lipinski definition) is 1. The molecule has 2 unspecified atom stereocenters. The van der Waals surface area contributed by atoms with Crippen LogP contribution in [0, 0.1) is 17.8 Å². The largest absolute Gasteiger partial charge is 0.340 e. The zero-order chi connectivity index (χ0) is 14.8. The quantitative estimate of drug-likeness (QED) is 0.867.